The van der Waals surface area contributed by atoms with Crippen molar-refractivity contribution in [2.75, 3.05) is 49.1 Å². The van der Waals surface area contributed by atoms with Crippen LogP contribution in [0.2, 0.25) is 0 Å². The molecule has 27 heavy (non-hydrogen) atoms. The summed E-state index contributed by atoms with van der Waals surface area (Å²) in [6.07, 6.45) is 2.43. The molecular weight excluding hydrogens is 345 g/mol. The molecule has 0 bridgehead atoms. The Labute approximate surface area is 158 Å². The molecular formula is C20H24FN5O. The zero-order valence-corrected chi connectivity index (χ0v) is 15.6. The van der Waals surface area contributed by atoms with E-state index in [9.17, 15) is 9.18 Å². The van der Waals surface area contributed by atoms with Crippen LogP contribution in [0.5, 0.6) is 0 Å². The van der Waals surface area contributed by atoms with Gasteiger partial charge in [-0.05, 0) is 49.6 Å². The Kier molecular flexibility index (Phi) is 4.92. The monoisotopic (exact) mass is 369 g/mol. The molecule has 7 heteroatoms. The number of anilines is 2. The van der Waals surface area contributed by atoms with Crippen LogP contribution in [0.4, 0.5) is 16.0 Å². The van der Waals surface area contributed by atoms with E-state index >= 15 is 0 Å². The highest BCUT2D eigenvalue weighted by Gasteiger charge is 2.24. The van der Waals surface area contributed by atoms with Gasteiger partial charge in [0.1, 0.15) is 5.82 Å². The van der Waals surface area contributed by atoms with Crippen molar-refractivity contribution >= 4 is 17.5 Å². The van der Waals surface area contributed by atoms with E-state index in [1.807, 2.05) is 12.1 Å². The third-order valence-corrected chi connectivity index (χ3v) is 5.38. The first-order chi connectivity index (χ1) is 13.1. The van der Waals surface area contributed by atoms with Gasteiger partial charge >= 0.3 is 0 Å². The average Bonchev–Trinajstić information content (AvgIpc) is 3.25. The van der Waals surface area contributed by atoms with Crippen LogP contribution in [-0.4, -0.2) is 60.3 Å². The number of piperazine rings is 1. The standard InChI is InChI=1S/C20H24FN5O/c1-15-4-5-16(14-17(15)21)20(27)26-12-10-25(11-13-26)19-7-6-18(22-23-19)24-8-2-3-9-24/h4-7,14H,2-3,8-13H2,1H3. The topological polar surface area (TPSA) is 52.6 Å². The number of hydrogen-bond acceptors (Lipinski definition) is 5. The summed E-state index contributed by atoms with van der Waals surface area (Å²) >= 11 is 0. The number of carbonyl (C=O) groups is 1. The van der Waals surface area contributed by atoms with Crippen molar-refractivity contribution in [2.24, 2.45) is 0 Å². The number of benzene rings is 1. The minimum Gasteiger partial charge on any atom is -0.355 e. The third-order valence-electron chi connectivity index (χ3n) is 5.38. The Morgan fingerprint density at radius 3 is 2.04 bits per heavy atom. The lowest BCUT2D eigenvalue weighted by Crippen LogP contribution is -2.49. The first kappa shape index (κ1) is 17.7. The van der Waals surface area contributed by atoms with Gasteiger partial charge in [0.25, 0.3) is 5.91 Å². The molecule has 0 atom stereocenters. The molecule has 0 spiro atoms. The van der Waals surface area contributed by atoms with Crippen LogP contribution < -0.4 is 9.80 Å². The predicted molar refractivity (Wildman–Crippen MR) is 103 cm³/mol. The highest BCUT2D eigenvalue weighted by atomic mass is 19.1. The second-order valence-corrected chi connectivity index (χ2v) is 7.19. The van der Waals surface area contributed by atoms with Gasteiger partial charge in [-0.1, -0.05) is 6.07 Å². The molecule has 6 nitrogen and oxygen atoms in total. The largest absolute Gasteiger partial charge is 0.355 e. The zero-order chi connectivity index (χ0) is 18.8. The summed E-state index contributed by atoms with van der Waals surface area (Å²) in [5.74, 6) is 1.31. The summed E-state index contributed by atoms with van der Waals surface area (Å²) in [4.78, 5) is 18.8. The van der Waals surface area contributed by atoms with Gasteiger partial charge in [-0.15, -0.1) is 10.2 Å². The van der Waals surface area contributed by atoms with Crippen LogP contribution in [0.25, 0.3) is 0 Å². The van der Waals surface area contributed by atoms with E-state index in [0.717, 1.165) is 24.7 Å². The molecule has 4 rings (SSSR count). The van der Waals surface area contributed by atoms with E-state index in [1.54, 1.807) is 24.0 Å². The quantitative estimate of drug-likeness (QED) is 0.832. The van der Waals surface area contributed by atoms with Crippen molar-refractivity contribution in [2.45, 2.75) is 19.8 Å². The lowest BCUT2D eigenvalue weighted by atomic mass is 10.1. The van der Waals surface area contributed by atoms with Crippen LogP contribution in [0, 0.1) is 12.7 Å². The highest BCUT2D eigenvalue weighted by molar-refractivity contribution is 5.94. The number of amides is 1. The summed E-state index contributed by atoms with van der Waals surface area (Å²) in [6.45, 7) is 6.35. The average molecular weight is 369 g/mol. The lowest BCUT2D eigenvalue weighted by molar-refractivity contribution is 0.0746. The second-order valence-electron chi connectivity index (χ2n) is 7.19. The molecule has 1 amide bonds. The molecule has 2 fully saturated rings. The first-order valence-corrected chi connectivity index (χ1v) is 9.51. The Morgan fingerprint density at radius 1 is 0.889 bits per heavy atom. The Bertz CT molecular complexity index is 812. The van der Waals surface area contributed by atoms with E-state index in [2.05, 4.69) is 20.0 Å². The van der Waals surface area contributed by atoms with E-state index in [-0.39, 0.29) is 11.7 Å². The summed E-state index contributed by atoms with van der Waals surface area (Å²) < 4.78 is 13.7. The molecule has 1 aromatic heterocycles. The molecule has 0 radical (unpaired) electrons. The van der Waals surface area contributed by atoms with Gasteiger partial charge in [0.15, 0.2) is 11.6 Å². The van der Waals surface area contributed by atoms with Gasteiger partial charge in [0, 0.05) is 44.8 Å². The maximum Gasteiger partial charge on any atom is 0.254 e. The summed E-state index contributed by atoms with van der Waals surface area (Å²) in [7, 11) is 0. The van der Waals surface area contributed by atoms with Gasteiger partial charge in [0.2, 0.25) is 0 Å². The van der Waals surface area contributed by atoms with Crippen LogP contribution in [0.15, 0.2) is 30.3 Å². The number of aryl methyl sites for hydroxylation is 1. The number of nitrogens with zero attached hydrogens (tertiary/aromatic N) is 5. The maximum absolute atomic E-state index is 13.7. The Hall–Kier alpha value is -2.70. The van der Waals surface area contributed by atoms with Gasteiger partial charge < -0.3 is 14.7 Å². The molecule has 0 saturated carbocycles. The summed E-state index contributed by atoms with van der Waals surface area (Å²) in [5, 5.41) is 8.75. The zero-order valence-electron chi connectivity index (χ0n) is 15.6. The molecule has 0 N–H and O–H groups in total. The van der Waals surface area contributed by atoms with E-state index in [1.165, 1.54) is 18.9 Å². The fourth-order valence-electron chi connectivity index (χ4n) is 3.65. The van der Waals surface area contributed by atoms with Gasteiger partial charge in [-0.3, -0.25) is 4.79 Å². The Morgan fingerprint density at radius 2 is 1.48 bits per heavy atom. The van der Waals surface area contributed by atoms with Gasteiger partial charge in [-0.2, -0.15) is 0 Å². The molecule has 2 aliphatic heterocycles. The van der Waals surface area contributed by atoms with Crippen LogP contribution in [0.3, 0.4) is 0 Å². The molecule has 2 aliphatic rings. The van der Waals surface area contributed by atoms with Gasteiger partial charge in [0.05, 0.1) is 0 Å². The molecule has 0 unspecified atom stereocenters. The molecule has 142 valence electrons. The molecule has 1 aromatic carbocycles. The van der Waals surface area contributed by atoms with Crippen LogP contribution in [-0.2, 0) is 0 Å². The van der Waals surface area contributed by atoms with Gasteiger partial charge in [-0.25, -0.2) is 4.39 Å². The molecule has 3 heterocycles. The number of hydrogen-bond donors (Lipinski definition) is 0. The number of aromatic nitrogens is 2. The number of halogens is 1. The van der Waals surface area contributed by atoms with E-state index < -0.39 is 0 Å². The highest BCUT2D eigenvalue weighted by Crippen LogP contribution is 2.20. The molecule has 0 aliphatic carbocycles. The normalized spacial score (nSPS) is 17.5. The minimum atomic E-state index is -0.340. The lowest BCUT2D eigenvalue weighted by Gasteiger charge is -2.35. The molecule has 2 aromatic rings. The Balaban J connectivity index is 1.36. The summed E-state index contributed by atoms with van der Waals surface area (Å²) in [6, 6.07) is 8.70. The van der Waals surface area contributed by atoms with Crippen molar-refractivity contribution in [1.82, 2.24) is 15.1 Å². The number of carbonyl (C=O) groups excluding carboxylic acids is 1. The predicted octanol–water partition coefficient (Wildman–Crippen LogP) is 2.49. The van der Waals surface area contributed by atoms with Crippen LogP contribution >= 0.6 is 0 Å². The van der Waals surface area contributed by atoms with Crippen LogP contribution in [0.1, 0.15) is 28.8 Å². The summed E-state index contributed by atoms with van der Waals surface area (Å²) in [5.41, 5.74) is 0.952. The third kappa shape index (κ3) is 3.72. The second kappa shape index (κ2) is 7.50. The van der Waals surface area contributed by atoms with Crippen molar-refractivity contribution in [1.29, 1.82) is 0 Å². The molecule has 2 saturated heterocycles. The van der Waals surface area contributed by atoms with Crippen molar-refractivity contribution in [3.05, 3.63) is 47.3 Å². The fraction of sp³-hybridized carbons (Fsp3) is 0.450. The first-order valence-electron chi connectivity index (χ1n) is 9.51. The van der Waals surface area contributed by atoms with Crippen molar-refractivity contribution in [3.63, 3.8) is 0 Å². The van der Waals surface area contributed by atoms with E-state index in [0.29, 0.717) is 37.3 Å². The maximum atomic E-state index is 13.7. The van der Waals surface area contributed by atoms with Crippen molar-refractivity contribution in [3.8, 4) is 0 Å². The number of rotatable bonds is 3. The minimum absolute atomic E-state index is 0.121. The smallest absolute Gasteiger partial charge is 0.254 e. The SMILES string of the molecule is Cc1ccc(C(=O)N2CCN(c3ccc(N4CCCC4)nn3)CC2)cc1F. The van der Waals surface area contributed by atoms with Crippen molar-refractivity contribution < 1.29 is 9.18 Å². The van der Waals surface area contributed by atoms with E-state index in [4.69, 9.17) is 0 Å². The fourth-order valence-corrected chi connectivity index (χ4v) is 3.65.